The van der Waals surface area contributed by atoms with Crippen LogP contribution in [0.1, 0.15) is 25.3 Å². The van der Waals surface area contributed by atoms with Crippen LogP contribution in [0.15, 0.2) is 24.3 Å². The van der Waals surface area contributed by atoms with Crippen molar-refractivity contribution in [3.8, 4) is 0 Å². The minimum absolute atomic E-state index is 0.112. The minimum Gasteiger partial charge on any atom is -0.464 e. The van der Waals surface area contributed by atoms with Gasteiger partial charge < -0.3 is 10.1 Å². The number of ether oxygens (including phenoxy) is 1. The maximum atomic E-state index is 12.3. The molecular formula is C15H21NO2S. The Balaban J connectivity index is 2.23. The number of esters is 1. The van der Waals surface area contributed by atoms with E-state index in [0.29, 0.717) is 6.61 Å². The molecule has 104 valence electrons. The van der Waals surface area contributed by atoms with Crippen LogP contribution in [-0.4, -0.2) is 29.6 Å². The zero-order chi connectivity index (χ0) is 13.7. The average molecular weight is 279 g/mol. The van der Waals surface area contributed by atoms with E-state index in [1.54, 1.807) is 0 Å². The molecule has 0 amide bonds. The molecule has 1 N–H and O–H groups in total. The third-order valence-corrected chi connectivity index (χ3v) is 4.52. The fourth-order valence-corrected chi connectivity index (χ4v) is 3.53. The van der Waals surface area contributed by atoms with Crippen molar-refractivity contribution in [3.05, 3.63) is 29.8 Å². The molecule has 19 heavy (non-hydrogen) atoms. The third-order valence-electron chi connectivity index (χ3n) is 3.53. The van der Waals surface area contributed by atoms with E-state index in [-0.39, 0.29) is 5.97 Å². The Morgan fingerprint density at radius 1 is 1.37 bits per heavy atom. The standard InChI is InChI=1S/C15H21NO2S/c1-3-18-14(17)15(8-10-19-11-9-15)16-13-7-5-4-6-12(13)2/h4-7,16H,3,8-11H2,1-2H3. The van der Waals surface area contributed by atoms with E-state index in [4.69, 9.17) is 4.74 Å². The first-order chi connectivity index (χ1) is 9.18. The van der Waals surface area contributed by atoms with Gasteiger partial charge in [-0.1, -0.05) is 18.2 Å². The number of rotatable bonds is 4. The molecule has 0 aliphatic carbocycles. The number of benzene rings is 1. The molecule has 1 fully saturated rings. The Hall–Kier alpha value is -1.16. The summed E-state index contributed by atoms with van der Waals surface area (Å²) in [5, 5.41) is 3.46. The van der Waals surface area contributed by atoms with Gasteiger partial charge >= 0.3 is 5.97 Å². The number of nitrogens with one attached hydrogen (secondary N) is 1. The first-order valence-corrected chi connectivity index (χ1v) is 7.92. The number of aryl methyl sites for hydroxylation is 1. The van der Waals surface area contributed by atoms with Crippen molar-refractivity contribution in [1.29, 1.82) is 0 Å². The van der Waals surface area contributed by atoms with E-state index in [9.17, 15) is 4.79 Å². The first-order valence-electron chi connectivity index (χ1n) is 6.77. The summed E-state index contributed by atoms with van der Waals surface area (Å²) in [6, 6.07) is 8.08. The van der Waals surface area contributed by atoms with E-state index >= 15 is 0 Å². The number of anilines is 1. The van der Waals surface area contributed by atoms with E-state index in [2.05, 4.69) is 18.3 Å². The van der Waals surface area contributed by atoms with Crippen LogP contribution >= 0.6 is 11.8 Å². The highest BCUT2D eigenvalue weighted by Crippen LogP contribution is 2.32. The van der Waals surface area contributed by atoms with Crippen LogP contribution in [0, 0.1) is 6.92 Å². The average Bonchev–Trinajstić information content (AvgIpc) is 2.43. The summed E-state index contributed by atoms with van der Waals surface area (Å²) >= 11 is 1.90. The Bertz CT molecular complexity index is 442. The first kappa shape index (κ1) is 14.3. The lowest BCUT2D eigenvalue weighted by Gasteiger charge is -2.36. The highest BCUT2D eigenvalue weighted by Gasteiger charge is 2.41. The quantitative estimate of drug-likeness (QED) is 0.859. The highest BCUT2D eigenvalue weighted by atomic mass is 32.2. The molecule has 3 nitrogen and oxygen atoms in total. The van der Waals surface area contributed by atoms with Crippen molar-refractivity contribution in [2.45, 2.75) is 32.2 Å². The summed E-state index contributed by atoms with van der Waals surface area (Å²) in [4.78, 5) is 12.3. The molecule has 0 atom stereocenters. The van der Waals surface area contributed by atoms with Gasteiger partial charge in [-0.2, -0.15) is 11.8 Å². The lowest BCUT2D eigenvalue weighted by molar-refractivity contribution is -0.148. The van der Waals surface area contributed by atoms with Gasteiger partial charge in [-0.15, -0.1) is 0 Å². The van der Waals surface area contributed by atoms with Gasteiger partial charge in [0.15, 0.2) is 0 Å². The molecule has 4 heteroatoms. The fourth-order valence-electron chi connectivity index (χ4n) is 2.34. The summed E-state index contributed by atoms with van der Waals surface area (Å²) in [7, 11) is 0. The molecule has 0 spiro atoms. The van der Waals surface area contributed by atoms with Gasteiger partial charge in [0, 0.05) is 5.69 Å². The minimum atomic E-state index is -0.548. The van der Waals surface area contributed by atoms with Crippen LogP contribution < -0.4 is 5.32 Å². The molecule has 0 unspecified atom stereocenters. The molecule has 1 aliphatic heterocycles. The normalized spacial score (nSPS) is 17.8. The van der Waals surface area contributed by atoms with Crippen molar-refractivity contribution in [3.63, 3.8) is 0 Å². The van der Waals surface area contributed by atoms with E-state index < -0.39 is 5.54 Å². The highest BCUT2D eigenvalue weighted by molar-refractivity contribution is 7.99. The topological polar surface area (TPSA) is 38.3 Å². The molecule has 1 heterocycles. The number of para-hydroxylation sites is 1. The predicted octanol–water partition coefficient (Wildman–Crippen LogP) is 3.24. The Labute approximate surface area is 119 Å². The third kappa shape index (κ3) is 3.24. The Kier molecular flexibility index (Phi) is 4.75. The van der Waals surface area contributed by atoms with Gasteiger partial charge in [-0.25, -0.2) is 4.79 Å². The van der Waals surface area contributed by atoms with Crippen LogP contribution in [0.2, 0.25) is 0 Å². The smallest absolute Gasteiger partial charge is 0.331 e. The summed E-state index contributed by atoms with van der Waals surface area (Å²) in [5.74, 6) is 1.88. The number of hydrogen-bond donors (Lipinski definition) is 1. The second-order valence-corrected chi connectivity index (χ2v) is 6.08. The SMILES string of the molecule is CCOC(=O)C1(Nc2ccccc2C)CCSCC1. The summed E-state index contributed by atoms with van der Waals surface area (Å²) in [6.45, 7) is 4.35. The molecule has 0 bridgehead atoms. The zero-order valence-corrected chi connectivity index (χ0v) is 12.4. The van der Waals surface area contributed by atoms with Crippen molar-refractivity contribution >= 4 is 23.4 Å². The lowest BCUT2D eigenvalue weighted by atomic mass is 9.91. The van der Waals surface area contributed by atoms with Gasteiger partial charge in [0.05, 0.1) is 6.61 Å². The molecule has 1 aromatic rings. The van der Waals surface area contributed by atoms with E-state index in [1.165, 1.54) is 0 Å². The largest absolute Gasteiger partial charge is 0.464 e. The van der Waals surface area contributed by atoms with Crippen LogP contribution in [0.25, 0.3) is 0 Å². The molecule has 1 saturated heterocycles. The molecule has 1 aliphatic rings. The fraction of sp³-hybridized carbons (Fsp3) is 0.533. The maximum Gasteiger partial charge on any atom is 0.331 e. The maximum absolute atomic E-state index is 12.3. The number of hydrogen-bond acceptors (Lipinski definition) is 4. The van der Waals surface area contributed by atoms with Gasteiger partial charge in [-0.05, 0) is 49.8 Å². The van der Waals surface area contributed by atoms with Gasteiger partial charge in [0.1, 0.15) is 5.54 Å². The van der Waals surface area contributed by atoms with Crippen molar-refractivity contribution in [2.24, 2.45) is 0 Å². The van der Waals surface area contributed by atoms with Gasteiger partial charge in [0.25, 0.3) is 0 Å². The molecule has 0 aromatic heterocycles. The second kappa shape index (κ2) is 6.33. The monoisotopic (exact) mass is 279 g/mol. The molecule has 0 radical (unpaired) electrons. The summed E-state index contributed by atoms with van der Waals surface area (Å²) in [6.07, 6.45) is 1.65. The molecular weight excluding hydrogens is 258 g/mol. The lowest BCUT2D eigenvalue weighted by Crippen LogP contribution is -2.50. The molecule has 0 saturated carbocycles. The van der Waals surface area contributed by atoms with Crippen molar-refractivity contribution < 1.29 is 9.53 Å². The molecule has 1 aromatic carbocycles. The van der Waals surface area contributed by atoms with E-state index in [1.807, 2.05) is 36.9 Å². The van der Waals surface area contributed by atoms with Gasteiger partial charge in [0.2, 0.25) is 0 Å². The Morgan fingerprint density at radius 2 is 2.05 bits per heavy atom. The van der Waals surface area contributed by atoms with Crippen LogP contribution in [-0.2, 0) is 9.53 Å². The summed E-state index contributed by atoms with van der Waals surface area (Å²) < 4.78 is 5.29. The number of carbonyl (C=O) groups excluding carboxylic acids is 1. The predicted molar refractivity (Wildman–Crippen MR) is 80.7 cm³/mol. The Morgan fingerprint density at radius 3 is 2.68 bits per heavy atom. The van der Waals surface area contributed by atoms with E-state index in [0.717, 1.165) is 35.6 Å². The van der Waals surface area contributed by atoms with Crippen LogP contribution in [0.3, 0.4) is 0 Å². The van der Waals surface area contributed by atoms with Crippen molar-refractivity contribution in [1.82, 2.24) is 0 Å². The molecule has 2 rings (SSSR count). The number of thioether (sulfide) groups is 1. The van der Waals surface area contributed by atoms with Gasteiger partial charge in [-0.3, -0.25) is 0 Å². The van der Waals surface area contributed by atoms with Crippen molar-refractivity contribution in [2.75, 3.05) is 23.4 Å². The second-order valence-electron chi connectivity index (χ2n) is 4.85. The van der Waals surface area contributed by atoms with Crippen LogP contribution in [0.4, 0.5) is 5.69 Å². The zero-order valence-electron chi connectivity index (χ0n) is 11.6. The number of carbonyl (C=O) groups is 1. The van der Waals surface area contributed by atoms with Crippen LogP contribution in [0.5, 0.6) is 0 Å². The summed E-state index contributed by atoms with van der Waals surface area (Å²) in [5.41, 5.74) is 1.64.